The van der Waals surface area contributed by atoms with E-state index in [0.29, 0.717) is 5.92 Å². The lowest BCUT2D eigenvalue weighted by atomic mass is 9.97. The van der Waals surface area contributed by atoms with Gasteiger partial charge in [0.15, 0.2) is 0 Å². The Balaban J connectivity index is 0.000000269. The van der Waals surface area contributed by atoms with Crippen LogP contribution in [0.5, 0.6) is 0 Å². The van der Waals surface area contributed by atoms with E-state index in [1.807, 2.05) is 12.3 Å². The molecule has 5 nitrogen and oxygen atoms in total. The topological polar surface area (TPSA) is 76.6 Å². The molecule has 0 aliphatic carbocycles. The molecule has 0 spiro atoms. The molecule has 1 atom stereocenters. The van der Waals surface area contributed by atoms with E-state index < -0.39 is 0 Å². The van der Waals surface area contributed by atoms with Gasteiger partial charge in [-0.15, -0.1) is 12.6 Å². The van der Waals surface area contributed by atoms with Crippen LogP contribution in [0.3, 0.4) is 0 Å². The highest BCUT2D eigenvalue weighted by molar-refractivity contribution is 7.80. The second-order valence-electron chi connectivity index (χ2n) is 8.13. The van der Waals surface area contributed by atoms with Crippen molar-refractivity contribution < 1.29 is 4.39 Å². The Morgan fingerprint density at radius 1 is 1.23 bits per heavy atom. The van der Waals surface area contributed by atoms with Gasteiger partial charge in [-0.3, -0.25) is 5.10 Å². The Kier molecular flexibility index (Phi) is 7.29. The normalized spacial score (nSPS) is 17.1. The number of benzene rings is 2. The fourth-order valence-electron chi connectivity index (χ4n) is 3.56. The summed E-state index contributed by atoms with van der Waals surface area (Å²) < 4.78 is 12.1. The average Bonchev–Trinajstić information content (AvgIpc) is 3.38. The molecule has 3 aromatic rings. The van der Waals surface area contributed by atoms with Gasteiger partial charge in [-0.25, -0.2) is 4.39 Å². The van der Waals surface area contributed by atoms with Crippen molar-refractivity contribution in [1.29, 1.82) is 5.41 Å². The third kappa shape index (κ3) is 6.18. The second kappa shape index (κ2) is 9.91. The van der Waals surface area contributed by atoms with Gasteiger partial charge in [0.2, 0.25) is 0 Å². The molecule has 7 heteroatoms. The molecule has 158 valence electrons. The van der Waals surface area contributed by atoms with Crippen LogP contribution in [0, 0.1) is 17.1 Å². The van der Waals surface area contributed by atoms with Gasteiger partial charge in [-0.2, -0.15) is 5.10 Å². The molecule has 0 amide bonds. The molecule has 0 saturated carbocycles. The molecule has 1 aromatic heterocycles. The van der Waals surface area contributed by atoms with Gasteiger partial charge in [0.05, 0.1) is 6.20 Å². The number of hydrogen-bond donors (Lipinski definition) is 5. The first-order chi connectivity index (χ1) is 14.4. The molecule has 30 heavy (non-hydrogen) atoms. The van der Waals surface area contributed by atoms with Crippen LogP contribution in [0.1, 0.15) is 25.8 Å². The van der Waals surface area contributed by atoms with Gasteiger partial charge >= 0.3 is 0 Å². The minimum absolute atomic E-state index is 0.220. The molecule has 4 N–H and O–H groups in total. The number of aromatic nitrogens is 2. The van der Waals surface area contributed by atoms with E-state index in [0.717, 1.165) is 40.4 Å². The van der Waals surface area contributed by atoms with E-state index >= 15 is 0 Å². The maximum Gasteiger partial charge on any atom is 0.123 e. The lowest BCUT2D eigenvalue weighted by Crippen LogP contribution is -2.31. The van der Waals surface area contributed by atoms with Gasteiger partial charge in [0, 0.05) is 52.7 Å². The third-order valence-corrected chi connectivity index (χ3v) is 5.41. The van der Waals surface area contributed by atoms with Gasteiger partial charge in [-0.1, -0.05) is 6.07 Å². The van der Waals surface area contributed by atoms with Crippen LogP contribution >= 0.6 is 12.6 Å². The van der Waals surface area contributed by atoms with Gasteiger partial charge < -0.3 is 16.0 Å². The summed E-state index contributed by atoms with van der Waals surface area (Å²) in [6.07, 6.45) is 6.24. The summed E-state index contributed by atoms with van der Waals surface area (Å²) in [7, 11) is 0. The number of anilines is 1. The van der Waals surface area contributed by atoms with Crippen LogP contribution in [-0.2, 0) is 0 Å². The maximum absolute atomic E-state index is 12.1. The van der Waals surface area contributed by atoms with E-state index in [4.69, 9.17) is 5.41 Å². The molecule has 2 aromatic carbocycles. The summed E-state index contributed by atoms with van der Waals surface area (Å²) in [4.78, 5) is 0.784. The average molecular weight is 426 g/mol. The number of nitrogens with one attached hydrogen (secondary N) is 4. The summed E-state index contributed by atoms with van der Waals surface area (Å²) in [5.41, 5.74) is 4.27. The zero-order chi connectivity index (χ0) is 21.6. The van der Waals surface area contributed by atoms with Crippen molar-refractivity contribution in [2.45, 2.75) is 30.7 Å². The van der Waals surface area contributed by atoms with Crippen LogP contribution < -0.4 is 10.6 Å². The van der Waals surface area contributed by atoms with E-state index in [1.54, 1.807) is 18.3 Å². The minimum atomic E-state index is -0.220. The molecule has 1 unspecified atom stereocenters. The van der Waals surface area contributed by atoms with Crippen molar-refractivity contribution in [3.8, 4) is 11.1 Å². The molecule has 1 aliphatic heterocycles. The molecule has 4 rings (SSSR count). The predicted octanol–water partition coefficient (Wildman–Crippen LogP) is 4.99. The number of aromatic amines is 1. The Labute approximate surface area is 182 Å². The first kappa shape index (κ1) is 22.1. The number of halogens is 1. The fourth-order valence-corrected chi connectivity index (χ4v) is 3.71. The first-order valence-electron chi connectivity index (χ1n) is 9.93. The van der Waals surface area contributed by atoms with Gasteiger partial charge in [-0.05, 0) is 68.1 Å². The van der Waals surface area contributed by atoms with Crippen LogP contribution in [0.15, 0.2) is 59.8 Å². The largest absolute Gasteiger partial charge is 0.384 e. The number of nitrogens with zero attached hydrogens (tertiary/aromatic N) is 1. The summed E-state index contributed by atoms with van der Waals surface area (Å²) in [6, 6.07) is 12.1. The van der Waals surface area contributed by atoms with Crippen LogP contribution in [0.25, 0.3) is 11.1 Å². The standard InChI is InChI=1S/C17H23N5.C6H5FS/c1-17(2)6-12(9-20-17)8-19-16-4-3-13(5-14(16)7-18)15-10-21-22-11-15;7-5-1-3-6(8)4-2-5/h3-5,7,10-12,18-20H,6,8-9H2,1-2H3,(H,21,22);1-4,8H. The lowest BCUT2D eigenvalue weighted by Gasteiger charge is -2.18. The van der Waals surface area contributed by atoms with Gasteiger partial charge in [0.1, 0.15) is 5.82 Å². The van der Waals surface area contributed by atoms with Crippen molar-refractivity contribution in [1.82, 2.24) is 15.5 Å². The molecule has 1 saturated heterocycles. The van der Waals surface area contributed by atoms with Crippen molar-refractivity contribution in [2.24, 2.45) is 5.92 Å². The molecule has 0 radical (unpaired) electrons. The molecule has 2 heterocycles. The van der Waals surface area contributed by atoms with Crippen molar-refractivity contribution in [2.75, 3.05) is 18.4 Å². The number of rotatable bonds is 5. The molecular weight excluding hydrogens is 397 g/mol. The summed E-state index contributed by atoms with van der Waals surface area (Å²) in [5.74, 6) is 0.407. The van der Waals surface area contributed by atoms with E-state index in [9.17, 15) is 4.39 Å². The highest BCUT2D eigenvalue weighted by atomic mass is 32.1. The van der Waals surface area contributed by atoms with Crippen LogP contribution in [0.2, 0.25) is 0 Å². The van der Waals surface area contributed by atoms with Crippen LogP contribution in [0.4, 0.5) is 10.1 Å². The monoisotopic (exact) mass is 425 g/mol. The van der Waals surface area contributed by atoms with Crippen molar-refractivity contribution >= 4 is 24.5 Å². The predicted molar refractivity (Wildman–Crippen MR) is 124 cm³/mol. The maximum atomic E-state index is 12.1. The summed E-state index contributed by atoms with van der Waals surface area (Å²) in [6.45, 7) is 6.47. The zero-order valence-electron chi connectivity index (χ0n) is 17.2. The minimum Gasteiger partial charge on any atom is -0.384 e. The molecular formula is C23H28FN5S. The van der Waals surface area contributed by atoms with E-state index in [1.165, 1.54) is 24.8 Å². The highest BCUT2D eigenvalue weighted by Crippen LogP contribution is 2.26. The third-order valence-electron chi connectivity index (χ3n) is 5.11. The smallest absolute Gasteiger partial charge is 0.123 e. The quantitative estimate of drug-likeness (QED) is 0.295. The number of H-pyrrole nitrogens is 1. The summed E-state index contributed by atoms with van der Waals surface area (Å²) in [5, 5.41) is 21.5. The Morgan fingerprint density at radius 2 is 2.00 bits per heavy atom. The lowest BCUT2D eigenvalue weighted by molar-refractivity contribution is 0.445. The Hall–Kier alpha value is -2.64. The summed E-state index contributed by atoms with van der Waals surface area (Å²) >= 11 is 3.97. The number of hydrogen-bond acceptors (Lipinski definition) is 5. The van der Waals surface area contributed by atoms with Crippen molar-refractivity contribution in [3.63, 3.8) is 0 Å². The second-order valence-corrected chi connectivity index (χ2v) is 8.64. The molecule has 0 bridgehead atoms. The van der Waals surface area contributed by atoms with Gasteiger partial charge in [0.25, 0.3) is 0 Å². The first-order valence-corrected chi connectivity index (χ1v) is 10.4. The van der Waals surface area contributed by atoms with E-state index in [2.05, 4.69) is 59.4 Å². The fraction of sp³-hybridized carbons (Fsp3) is 0.304. The Morgan fingerprint density at radius 3 is 2.57 bits per heavy atom. The number of thiol groups is 1. The van der Waals surface area contributed by atoms with E-state index in [-0.39, 0.29) is 11.4 Å². The zero-order valence-corrected chi connectivity index (χ0v) is 18.1. The molecule has 1 fully saturated rings. The highest BCUT2D eigenvalue weighted by Gasteiger charge is 2.29. The Bertz CT molecular complexity index is 933. The SMILES string of the molecule is CC1(C)CC(CNc2ccc(-c3cn[nH]c3)cc2C=N)CN1.Fc1ccc(S)cc1. The molecule has 1 aliphatic rings. The van der Waals surface area contributed by atoms with Crippen molar-refractivity contribution in [3.05, 3.63) is 66.2 Å². The van der Waals surface area contributed by atoms with Crippen LogP contribution in [-0.4, -0.2) is 35.0 Å².